The van der Waals surface area contributed by atoms with Crippen molar-refractivity contribution in [2.24, 2.45) is 0 Å². The van der Waals surface area contributed by atoms with Crippen LogP contribution in [0.15, 0.2) is 74.5 Å². The molecular formula is C17H10O3. The molecule has 0 bridgehead atoms. The van der Waals surface area contributed by atoms with Crippen LogP contribution >= 0.6 is 0 Å². The van der Waals surface area contributed by atoms with E-state index in [2.05, 4.69) is 0 Å². The van der Waals surface area contributed by atoms with E-state index in [1.54, 1.807) is 12.1 Å². The van der Waals surface area contributed by atoms with Gasteiger partial charge in [-0.05, 0) is 24.3 Å². The van der Waals surface area contributed by atoms with Gasteiger partial charge in [-0.15, -0.1) is 0 Å². The summed E-state index contributed by atoms with van der Waals surface area (Å²) in [4.78, 5) is 12.5. The Hall–Kier alpha value is -2.81. The van der Waals surface area contributed by atoms with Gasteiger partial charge in [0.2, 0.25) is 5.43 Å². The first-order valence-corrected chi connectivity index (χ1v) is 6.32. The van der Waals surface area contributed by atoms with Crippen molar-refractivity contribution in [3.8, 4) is 11.3 Å². The molecule has 2 aromatic heterocycles. The van der Waals surface area contributed by atoms with Gasteiger partial charge < -0.3 is 8.83 Å². The van der Waals surface area contributed by atoms with Crippen molar-refractivity contribution in [1.82, 2.24) is 0 Å². The van der Waals surface area contributed by atoms with Crippen LogP contribution < -0.4 is 5.43 Å². The van der Waals surface area contributed by atoms with Crippen molar-refractivity contribution < 1.29 is 8.83 Å². The largest absolute Gasteiger partial charge is 0.463 e. The zero-order chi connectivity index (χ0) is 13.5. The zero-order valence-corrected chi connectivity index (χ0v) is 10.5. The van der Waals surface area contributed by atoms with Gasteiger partial charge in [0.15, 0.2) is 0 Å². The van der Waals surface area contributed by atoms with Gasteiger partial charge in [-0.1, -0.05) is 30.3 Å². The van der Waals surface area contributed by atoms with Gasteiger partial charge in [0.1, 0.15) is 28.8 Å². The molecule has 0 amide bonds. The van der Waals surface area contributed by atoms with Gasteiger partial charge >= 0.3 is 0 Å². The van der Waals surface area contributed by atoms with Crippen LogP contribution in [0.1, 0.15) is 0 Å². The van der Waals surface area contributed by atoms with Gasteiger partial charge in [0, 0.05) is 5.39 Å². The SMILES string of the molecule is O=c1c(-c2cc3ccccc3o2)coc2ccccc12. The Morgan fingerprint density at radius 1 is 0.850 bits per heavy atom. The standard InChI is InChI=1S/C17H10O3/c18-17-12-6-2-4-8-15(12)19-10-13(17)16-9-11-5-1-3-7-14(11)20-16/h1-10H. The molecule has 4 rings (SSSR count). The average Bonchev–Trinajstić information content (AvgIpc) is 2.91. The minimum atomic E-state index is -0.0779. The van der Waals surface area contributed by atoms with Gasteiger partial charge in [-0.25, -0.2) is 0 Å². The summed E-state index contributed by atoms with van der Waals surface area (Å²) in [6.45, 7) is 0. The summed E-state index contributed by atoms with van der Waals surface area (Å²) in [5.74, 6) is 0.533. The predicted octanol–water partition coefficient (Wildman–Crippen LogP) is 4.21. The number of para-hydroxylation sites is 2. The molecule has 2 heterocycles. The summed E-state index contributed by atoms with van der Waals surface area (Å²) in [5.41, 5.74) is 1.71. The molecule has 3 nitrogen and oxygen atoms in total. The molecular weight excluding hydrogens is 252 g/mol. The molecule has 20 heavy (non-hydrogen) atoms. The highest BCUT2D eigenvalue weighted by Crippen LogP contribution is 2.26. The Bertz CT molecular complexity index is 943. The Balaban J connectivity index is 2.02. The fourth-order valence-corrected chi connectivity index (χ4v) is 2.36. The van der Waals surface area contributed by atoms with Crippen molar-refractivity contribution in [2.75, 3.05) is 0 Å². The molecule has 4 aromatic rings. The van der Waals surface area contributed by atoms with Crippen LogP contribution in [-0.4, -0.2) is 0 Å². The fourth-order valence-electron chi connectivity index (χ4n) is 2.36. The lowest BCUT2D eigenvalue weighted by atomic mass is 10.1. The van der Waals surface area contributed by atoms with E-state index in [0.29, 0.717) is 22.3 Å². The summed E-state index contributed by atoms with van der Waals surface area (Å²) in [5, 5.41) is 1.53. The molecule has 0 aliphatic heterocycles. The molecule has 0 atom stereocenters. The highest BCUT2D eigenvalue weighted by molar-refractivity contribution is 5.85. The molecule has 0 N–H and O–H groups in total. The van der Waals surface area contributed by atoms with Crippen molar-refractivity contribution in [3.63, 3.8) is 0 Å². The maximum absolute atomic E-state index is 12.5. The first-order chi connectivity index (χ1) is 9.83. The van der Waals surface area contributed by atoms with Crippen LogP contribution in [0.4, 0.5) is 0 Å². The Morgan fingerprint density at radius 2 is 1.60 bits per heavy atom. The molecule has 0 saturated heterocycles. The van der Waals surface area contributed by atoms with Crippen molar-refractivity contribution in [1.29, 1.82) is 0 Å². The molecule has 2 aromatic carbocycles. The van der Waals surface area contributed by atoms with Crippen LogP contribution in [0.5, 0.6) is 0 Å². The second-order valence-electron chi connectivity index (χ2n) is 4.62. The number of hydrogen-bond acceptors (Lipinski definition) is 3. The predicted molar refractivity (Wildman–Crippen MR) is 77.7 cm³/mol. The van der Waals surface area contributed by atoms with Crippen LogP contribution in [0.3, 0.4) is 0 Å². The van der Waals surface area contributed by atoms with E-state index in [4.69, 9.17) is 8.83 Å². The van der Waals surface area contributed by atoms with E-state index in [0.717, 1.165) is 11.0 Å². The third kappa shape index (κ3) is 1.57. The average molecular weight is 262 g/mol. The molecule has 0 spiro atoms. The minimum absolute atomic E-state index is 0.0779. The topological polar surface area (TPSA) is 43.4 Å². The van der Waals surface area contributed by atoms with Crippen molar-refractivity contribution in [3.05, 3.63) is 71.1 Å². The Labute approximate surface area is 114 Å². The van der Waals surface area contributed by atoms with Gasteiger partial charge in [-0.3, -0.25) is 4.79 Å². The zero-order valence-electron chi connectivity index (χ0n) is 10.5. The van der Waals surface area contributed by atoms with Crippen molar-refractivity contribution in [2.45, 2.75) is 0 Å². The maximum atomic E-state index is 12.5. The second kappa shape index (κ2) is 4.10. The number of rotatable bonds is 1. The van der Waals surface area contributed by atoms with Crippen LogP contribution in [0.2, 0.25) is 0 Å². The minimum Gasteiger partial charge on any atom is -0.463 e. The summed E-state index contributed by atoms with van der Waals surface area (Å²) < 4.78 is 11.2. The van der Waals surface area contributed by atoms with E-state index in [1.807, 2.05) is 42.5 Å². The van der Waals surface area contributed by atoms with Crippen LogP contribution in [0, 0.1) is 0 Å². The Kier molecular flexibility index (Phi) is 2.27. The number of furan rings is 1. The smallest absolute Gasteiger partial charge is 0.203 e. The normalized spacial score (nSPS) is 11.2. The van der Waals surface area contributed by atoms with Gasteiger partial charge in [0.25, 0.3) is 0 Å². The van der Waals surface area contributed by atoms with Gasteiger partial charge in [0.05, 0.1) is 5.39 Å². The lowest BCUT2D eigenvalue weighted by Gasteiger charge is -1.98. The lowest BCUT2D eigenvalue weighted by molar-refractivity contribution is 0.591. The number of hydrogen-bond donors (Lipinski definition) is 0. The van der Waals surface area contributed by atoms with Crippen molar-refractivity contribution >= 4 is 21.9 Å². The molecule has 0 saturated carbocycles. The Morgan fingerprint density at radius 3 is 2.45 bits per heavy atom. The quantitative estimate of drug-likeness (QED) is 0.516. The maximum Gasteiger partial charge on any atom is 0.203 e. The van der Waals surface area contributed by atoms with E-state index in [1.165, 1.54) is 6.26 Å². The highest BCUT2D eigenvalue weighted by Gasteiger charge is 2.12. The third-order valence-corrected chi connectivity index (χ3v) is 3.37. The van der Waals surface area contributed by atoms with E-state index >= 15 is 0 Å². The van der Waals surface area contributed by atoms with E-state index < -0.39 is 0 Å². The number of fused-ring (bicyclic) bond motifs is 2. The first-order valence-electron chi connectivity index (χ1n) is 6.32. The molecule has 0 radical (unpaired) electrons. The molecule has 0 unspecified atom stereocenters. The monoisotopic (exact) mass is 262 g/mol. The molecule has 0 aliphatic carbocycles. The lowest BCUT2D eigenvalue weighted by Crippen LogP contribution is -2.03. The molecule has 3 heteroatoms. The highest BCUT2D eigenvalue weighted by atomic mass is 16.3. The third-order valence-electron chi connectivity index (χ3n) is 3.37. The van der Waals surface area contributed by atoms with Gasteiger partial charge in [-0.2, -0.15) is 0 Å². The van der Waals surface area contributed by atoms with Crippen LogP contribution in [0.25, 0.3) is 33.3 Å². The first kappa shape index (κ1) is 11.1. The van der Waals surface area contributed by atoms with Crippen LogP contribution in [-0.2, 0) is 0 Å². The second-order valence-corrected chi connectivity index (χ2v) is 4.62. The summed E-state index contributed by atoms with van der Waals surface area (Å²) >= 11 is 0. The molecule has 0 aliphatic rings. The van der Waals surface area contributed by atoms with E-state index in [-0.39, 0.29) is 5.43 Å². The fraction of sp³-hybridized carbons (Fsp3) is 0. The summed E-state index contributed by atoms with van der Waals surface area (Å²) in [6.07, 6.45) is 1.46. The summed E-state index contributed by atoms with van der Waals surface area (Å²) in [6, 6.07) is 16.7. The summed E-state index contributed by atoms with van der Waals surface area (Å²) in [7, 11) is 0. The molecule has 96 valence electrons. The molecule has 0 fully saturated rings. The number of benzene rings is 2. The van der Waals surface area contributed by atoms with E-state index in [9.17, 15) is 4.79 Å².